The van der Waals surface area contributed by atoms with E-state index >= 15 is 0 Å². The van der Waals surface area contributed by atoms with Gasteiger partial charge in [-0.1, -0.05) is 17.8 Å². The maximum atomic E-state index is 9.24. The summed E-state index contributed by atoms with van der Waals surface area (Å²) in [6.07, 6.45) is 3.20. The Kier molecular flexibility index (Phi) is 2.65. The van der Waals surface area contributed by atoms with Gasteiger partial charge in [0.2, 0.25) is 0 Å². The molecule has 0 spiro atoms. The van der Waals surface area contributed by atoms with Crippen molar-refractivity contribution in [3.8, 4) is 5.75 Å². The number of aromatic hydroxyl groups is 1. The molecule has 0 aliphatic rings. The molecule has 0 amide bonds. The van der Waals surface area contributed by atoms with Crippen LogP contribution in [0.25, 0.3) is 0 Å². The summed E-state index contributed by atoms with van der Waals surface area (Å²) in [7, 11) is 0. The molecule has 0 atom stereocenters. The van der Waals surface area contributed by atoms with E-state index in [9.17, 15) is 5.11 Å². The lowest BCUT2D eigenvalue weighted by atomic mass is 10.3. The average molecular weight is 204 g/mol. The molecule has 1 aromatic carbocycles. The van der Waals surface area contributed by atoms with Gasteiger partial charge in [0.25, 0.3) is 0 Å². The standard InChI is InChI=1S/C10H8N2OS/c13-8-2-1-3-9(6-8)14-10-4-5-11-7-12-10/h1-7,13H. The molecular weight excluding hydrogens is 196 g/mol. The predicted octanol–water partition coefficient (Wildman–Crippen LogP) is 2.33. The van der Waals surface area contributed by atoms with Crippen LogP contribution in [-0.2, 0) is 0 Å². The molecule has 1 N–H and O–H groups in total. The maximum absolute atomic E-state index is 9.24. The van der Waals surface area contributed by atoms with Gasteiger partial charge in [0.05, 0.1) is 0 Å². The summed E-state index contributed by atoms with van der Waals surface area (Å²) in [5.74, 6) is 0.268. The molecule has 1 aromatic heterocycles. The largest absolute Gasteiger partial charge is 0.508 e. The summed E-state index contributed by atoms with van der Waals surface area (Å²) in [4.78, 5) is 8.87. The molecule has 1 heterocycles. The third-order valence-electron chi connectivity index (χ3n) is 1.59. The first kappa shape index (κ1) is 9.02. The molecule has 2 aromatic rings. The van der Waals surface area contributed by atoms with Gasteiger partial charge in [-0.05, 0) is 24.3 Å². The summed E-state index contributed by atoms with van der Waals surface area (Å²) in [5, 5.41) is 10.1. The van der Waals surface area contributed by atoms with Gasteiger partial charge in [0, 0.05) is 11.1 Å². The smallest absolute Gasteiger partial charge is 0.116 e. The van der Waals surface area contributed by atoms with Crippen LogP contribution < -0.4 is 0 Å². The number of hydrogen-bond acceptors (Lipinski definition) is 4. The van der Waals surface area contributed by atoms with Gasteiger partial charge in [-0.3, -0.25) is 0 Å². The summed E-state index contributed by atoms with van der Waals surface area (Å²) < 4.78 is 0. The van der Waals surface area contributed by atoms with Crippen molar-refractivity contribution in [3.05, 3.63) is 42.9 Å². The Hall–Kier alpha value is -1.55. The number of hydrogen-bond donors (Lipinski definition) is 1. The number of phenols is 1. The Morgan fingerprint density at radius 3 is 2.86 bits per heavy atom. The molecule has 0 unspecified atom stereocenters. The molecule has 0 saturated heterocycles. The molecule has 0 radical (unpaired) electrons. The quantitative estimate of drug-likeness (QED) is 0.763. The van der Waals surface area contributed by atoms with E-state index in [1.54, 1.807) is 24.4 Å². The van der Waals surface area contributed by atoms with Crippen LogP contribution in [0.4, 0.5) is 0 Å². The molecule has 0 fully saturated rings. The molecular formula is C10H8N2OS. The molecule has 0 aliphatic carbocycles. The van der Waals surface area contributed by atoms with Crippen LogP contribution in [-0.4, -0.2) is 15.1 Å². The summed E-state index contributed by atoms with van der Waals surface area (Å²) >= 11 is 1.49. The molecule has 14 heavy (non-hydrogen) atoms. The van der Waals surface area contributed by atoms with Crippen molar-refractivity contribution in [3.63, 3.8) is 0 Å². The van der Waals surface area contributed by atoms with Crippen LogP contribution in [0.15, 0.2) is 52.8 Å². The van der Waals surface area contributed by atoms with Crippen LogP contribution in [0.2, 0.25) is 0 Å². The van der Waals surface area contributed by atoms with Crippen molar-refractivity contribution in [1.29, 1.82) is 0 Å². The highest BCUT2D eigenvalue weighted by Gasteiger charge is 1.98. The third kappa shape index (κ3) is 2.23. The Morgan fingerprint density at radius 2 is 2.14 bits per heavy atom. The number of nitrogens with zero attached hydrogens (tertiary/aromatic N) is 2. The fourth-order valence-corrected chi connectivity index (χ4v) is 1.80. The number of benzene rings is 1. The second-order valence-corrected chi connectivity index (χ2v) is 3.74. The van der Waals surface area contributed by atoms with Gasteiger partial charge in [-0.25, -0.2) is 9.97 Å². The average Bonchev–Trinajstić information content (AvgIpc) is 2.19. The van der Waals surface area contributed by atoms with E-state index in [1.165, 1.54) is 18.1 Å². The molecule has 70 valence electrons. The second kappa shape index (κ2) is 4.11. The van der Waals surface area contributed by atoms with Crippen LogP contribution in [0, 0.1) is 0 Å². The zero-order valence-electron chi connectivity index (χ0n) is 7.29. The molecule has 3 nitrogen and oxygen atoms in total. The highest BCUT2D eigenvalue weighted by atomic mass is 32.2. The first-order valence-electron chi connectivity index (χ1n) is 4.07. The van der Waals surface area contributed by atoms with Crippen molar-refractivity contribution >= 4 is 11.8 Å². The van der Waals surface area contributed by atoms with Crippen LogP contribution in [0.5, 0.6) is 5.75 Å². The Labute approximate surface area is 85.8 Å². The molecule has 0 aliphatic heterocycles. The Bertz CT molecular complexity index is 419. The number of phenolic OH excluding ortho intramolecular Hbond substituents is 1. The normalized spacial score (nSPS) is 10.0. The van der Waals surface area contributed by atoms with E-state index in [2.05, 4.69) is 9.97 Å². The fraction of sp³-hybridized carbons (Fsp3) is 0. The highest BCUT2D eigenvalue weighted by molar-refractivity contribution is 7.99. The van der Waals surface area contributed by atoms with E-state index in [-0.39, 0.29) is 5.75 Å². The van der Waals surface area contributed by atoms with E-state index in [0.29, 0.717) is 0 Å². The molecule has 0 bridgehead atoms. The Balaban J connectivity index is 2.19. The molecule has 0 saturated carbocycles. The minimum Gasteiger partial charge on any atom is -0.508 e. The summed E-state index contributed by atoms with van der Waals surface area (Å²) in [6.45, 7) is 0. The lowest BCUT2D eigenvalue weighted by Gasteiger charge is -1.99. The summed E-state index contributed by atoms with van der Waals surface area (Å²) in [6, 6.07) is 8.90. The maximum Gasteiger partial charge on any atom is 0.116 e. The minimum absolute atomic E-state index is 0.268. The minimum atomic E-state index is 0.268. The van der Waals surface area contributed by atoms with Gasteiger partial charge in [0.15, 0.2) is 0 Å². The monoisotopic (exact) mass is 204 g/mol. The predicted molar refractivity (Wildman–Crippen MR) is 54.3 cm³/mol. The molecule has 2 rings (SSSR count). The first-order valence-corrected chi connectivity index (χ1v) is 4.89. The van der Waals surface area contributed by atoms with Gasteiger partial charge >= 0.3 is 0 Å². The number of aromatic nitrogens is 2. The van der Waals surface area contributed by atoms with E-state index < -0.39 is 0 Å². The van der Waals surface area contributed by atoms with Gasteiger partial charge < -0.3 is 5.11 Å². The van der Waals surface area contributed by atoms with Gasteiger partial charge in [-0.15, -0.1) is 0 Å². The zero-order valence-corrected chi connectivity index (χ0v) is 8.11. The van der Waals surface area contributed by atoms with Crippen LogP contribution in [0.3, 0.4) is 0 Å². The van der Waals surface area contributed by atoms with Crippen LogP contribution in [0.1, 0.15) is 0 Å². The highest BCUT2D eigenvalue weighted by Crippen LogP contribution is 2.27. The van der Waals surface area contributed by atoms with E-state index in [1.807, 2.05) is 12.1 Å². The van der Waals surface area contributed by atoms with E-state index in [4.69, 9.17) is 0 Å². The Morgan fingerprint density at radius 1 is 1.21 bits per heavy atom. The van der Waals surface area contributed by atoms with Gasteiger partial charge in [0.1, 0.15) is 17.1 Å². The zero-order chi connectivity index (χ0) is 9.80. The summed E-state index contributed by atoms with van der Waals surface area (Å²) in [5.41, 5.74) is 0. The lowest BCUT2D eigenvalue weighted by molar-refractivity contribution is 0.474. The first-order chi connectivity index (χ1) is 6.84. The van der Waals surface area contributed by atoms with Crippen LogP contribution >= 0.6 is 11.8 Å². The number of rotatable bonds is 2. The van der Waals surface area contributed by atoms with E-state index in [0.717, 1.165) is 9.92 Å². The second-order valence-electron chi connectivity index (χ2n) is 2.65. The fourth-order valence-electron chi connectivity index (χ4n) is 1.01. The van der Waals surface area contributed by atoms with Crippen molar-refractivity contribution in [2.75, 3.05) is 0 Å². The van der Waals surface area contributed by atoms with Gasteiger partial charge in [-0.2, -0.15) is 0 Å². The lowest BCUT2D eigenvalue weighted by Crippen LogP contribution is -1.79. The van der Waals surface area contributed by atoms with Crippen molar-refractivity contribution in [2.24, 2.45) is 0 Å². The molecule has 4 heteroatoms. The third-order valence-corrected chi connectivity index (χ3v) is 2.54. The van der Waals surface area contributed by atoms with Crippen molar-refractivity contribution in [2.45, 2.75) is 9.92 Å². The van der Waals surface area contributed by atoms with Crippen molar-refractivity contribution < 1.29 is 5.11 Å². The van der Waals surface area contributed by atoms with Crippen molar-refractivity contribution in [1.82, 2.24) is 9.97 Å². The SMILES string of the molecule is Oc1cccc(Sc2ccncn2)c1. The topological polar surface area (TPSA) is 46.0 Å².